The molecule has 7 nitrogen and oxygen atoms in total. The number of likely N-dealkylation sites (tertiary alicyclic amines) is 1. The number of carbonyl (C=O) groups excluding carboxylic acids is 2. The minimum absolute atomic E-state index is 0.0666. The van der Waals surface area contributed by atoms with Crippen LogP contribution in [0.3, 0.4) is 0 Å². The summed E-state index contributed by atoms with van der Waals surface area (Å²) in [6, 6.07) is 7.81. The maximum Gasteiger partial charge on any atom is 0.248 e. The van der Waals surface area contributed by atoms with E-state index >= 15 is 0 Å². The lowest BCUT2D eigenvalue weighted by atomic mass is 9.78. The lowest BCUT2D eigenvalue weighted by molar-refractivity contribution is -0.166. The molecule has 0 aromatic heterocycles. The summed E-state index contributed by atoms with van der Waals surface area (Å²) in [4.78, 5) is 33.7. The second kappa shape index (κ2) is 11.3. The van der Waals surface area contributed by atoms with Crippen LogP contribution < -0.4 is 10.2 Å². The molecule has 2 aliphatic heterocycles. The van der Waals surface area contributed by atoms with Crippen LogP contribution in [0.1, 0.15) is 70.3 Å². The summed E-state index contributed by atoms with van der Waals surface area (Å²) in [6.45, 7) is 5.09. The summed E-state index contributed by atoms with van der Waals surface area (Å²) in [5, 5.41) is 14.1. The number of piperazine rings is 1. The van der Waals surface area contributed by atoms with E-state index in [-0.39, 0.29) is 17.7 Å². The highest BCUT2D eigenvalue weighted by Crippen LogP contribution is 2.36. The molecule has 194 valence electrons. The number of benzene rings is 1. The molecule has 2 amide bonds. The van der Waals surface area contributed by atoms with E-state index < -0.39 is 17.7 Å². The molecule has 3 aliphatic rings. The number of rotatable bonds is 8. The van der Waals surface area contributed by atoms with Gasteiger partial charge in [0.05, 0.1) is 6.10 Å². The van der Waals surface area contributed by atoms with E-state index in [4.69, 9.17) is 0 Å². The Hall–Kier alpha value is -2.12. The van der Waals surface area contributed by atoms with Crippen LogP contribution in [-0.2, 0) is 16.1 Å². The normalized spacial score (nSPS) is 24.5. The molecule has 0 unspecified atom stereocenters. The molecule has 35 heavy (non-hydrogen) atoms. The zero-order chi connectivity index (χ0) is 25.0. The fourth-order valence-electron chi connectivity index (χ4n) is 6.19. The lowest BCUT2D eigenvalue weighted by Gasteiger charge is -2.52. The number of anilines is 1. The number of nitrogens with zero attached hydrogens (tertiary/aromatic N) is 3. The van der Waals surface area contributed by atoms with Gasteiger partial charge in [0.15, 0.2) is 0 Å². The van der Waals surface area contributed by atoms with Crippen molar-refractivity contribution in [3.63, 3.8) is 0 Å². The minimum Gasteiger partial charge on any atom is -0.390 e. The van der Waals surface area contributed by atoms with Gasteiger partial charge >= 0.3 is 0 Å². The Labute approximate surface area is 210 Å². The fourth-order valence-corrected chi connectivity index (χ4v) is 6.19. The molecule has 1 saturated carbocycles. The quantitative estimate of drug-likeness (QED) is 0.593. The lowest BCUT2D eigenvalue weighted by Crippen LogP contribution is -2.75. The summed E-state index contributed by atoms with van der Waals surface area (Å²) in [6.07, 6.45) is 7.56. The number of aliphatic hydroxyl groups excluding tert-OH is 1. The van der Waals surface area contributed by atoms with Crippen molar-refractivity contribution in [2.45, 2.75) is 88.9 Å². The molecule has 2 heterocycles. The third kappa shape index (κ3) is 5.51. The summed E-state index contributed by atoms with van der Waals surface area (Å²) >= 11 is 0. The van der Waals surface area contributed by atoms with Crippen molar-refractivity contribution in [2.75, 3.05) is 38.6 Å². The first-order chi connectivity index (χ1) is 16.9. The van der Waals surface area contributed by atoms with Crippen molar-refractivity contribution in [3.8, 4) is 0 Å². The minimum atomic E-state index is -0.804. The Balaban J connectivity index is 1.45. The number of hydrogen-bond donors (Lipinski definition) is 2. The van der Waals surface area contributed by atoms with Crippen molar-refractivity contribution < 1.29 is 14.7 Å². The number of carbonyl (C=O) groups is 2. The second-order valence-electron chi connectivity index (χ2n) is 11.1. The van der Waals surface area contributed by atoms with Crippen LogP contribution >= 0.6 is 0 Å². The first-order valence-corrected chi connectivity index (χ1v) is 13.6. The zero-order valence-corrected chi connectivity index (χ0v) is 21.8. The molecule has 4 rings (SSSR count). The van der Waals surface area contributed by atoms with Gasteiger partial charge in [-0.3, -0.25) is 14.5 Å². The molecule has 1 aliphatic carbocycles. The average molecular weight is 485 g/mol. The number of unbranched alkanes of at least 4 members (excludes halogenated alkanes) is 1. The van der Waals surface area contributed by atoms with E-state index in [0.29, 0.717) is 19.4 Å². The molecule has 3 fully saturated rings. The van der Waals surface area contributed by atoms with Crippen LogP contribution in [-0.4, -0.2) is 78.1 Å². The van der Waals surface area contributed by atoms with E-state index in [0.717, 1.165) is 58.2 Å². The highest BCUT2D eigenvalue weighted by Gasteiger charge is 2.55. The highest BCUT2D eigenvalue weighted by atomic mass is 16.3. The Bertz CT molecular complexity index is 857. The van der Waals surface area contributed by atoms with E-state index in [1.54, 1.807) is 0 Å². The predicted molar refractivity (Wildman–Crippen MR) is 139 cm³/mol. The standard InChI is InChI=1S/C28H44N4O3/c1-4-5-17-32-26(34)24(25(33)22-9-7-6-8-10-22)29-27(35)28(32)15-18-31(19-16-28)20-21-11-13-23(14-12-21)30(2)3/h11-14,22,24-25,33H,4-10,15-20H2,1-3H3,(H,29,35)/t24-,25-/m1/s1. The van der Waals surface area contributed by atoms with Crippen LogP contribution in [0.4, 0.5) is 5.69 Å². The number of aliphatic hydroxyl groups is 1. The van der Waals surface area contributed by atoms with Crippen molar-refractivity contribution in [2.24, 2.45) is 5.92 Å². The smallest absolute Gasteiger partial charge is 0.248 e. The fraction of sp³-hybridized carbons (Fsp3) is 0.714. The average Bonchev–Trinajstić information content (AvgIpc) is 2.88. The van der Waals surface area contributed by atoms with Crippen LogP contribution in [0.5, 0.6) is 0 Å². The molecule has 0 bridgehead atoms. The molecule has 0 radical (unpaired) electrons. The van der Waals surface area contributed by atoms with Crippen molar-refractivity contribution in [1.29, 1.82) is 0 Å². The van der Waals surface area contributed by atoms with Gasteiger partial charge in [0, 0.05) is 46.0 Å². The van der Waals surface area contributed by atoms with E-state index in [9.17, 15) is 14.7 Å². The summed E-state index contributed by atoms with van der Waals surface area (Å²) < 4.78 is 0. The first-order valence-electron chi connectivity index (χ1n) is 13.6. The maximum absolute atomic E-state index is 13.7. The van der Waals surface area contributed by atoms with Gasteiger partial charge in [-0.15, -0.1) is 0 Å². The van der Waals surface area contributed by atoms with Crippen molar-refractivity contribution in [3.05, 3.63) is 29.8 Å². The van der Waals surface area contributed by atoms with Gasteiger partial charge in [0.1, 0.15) is 11.6 Å². The van der Waals surface area contributed by atoms with Gasteiger partial charge in [-0.05, 0) is 55.7 Å². The van der Waals surface area contributed by atoms with Crippen LogP contribution in [0.15, 0.2) is 24.3 Å². The van der Waals surface area contributed by atoms with Crippen molar-refractivity contribution in [1.82, 2.24) is 15.1 Å². The van der Waals surface area contributed by atoms with Gasteiger partial charge in [0.25, 0.3) is 0 Å². The van der Waals surface area contributed by atoms with E-state index in [1.807, 2.05) is 19.0 Å². The number of hydrogen-bond acceptors (Lipinski definition) is 5. The summed E-state index contributed by atoms with van der Waals surface area (Å²) in [7, 11) is 4.08. The van der Waals surface area contributed by atoms with Crippen LogP contribution in [0.2, 0.25) is 0 Å². The topological polar surface area (TPSA) is 76.1 Å². The first kappa shape index (κ1) is 26.0. The third-order valence-electron chi connectivity index (χ3n) is 8.51. The van der Waals surface area contributed by atoms with Gasteiger partial charge in [-0.1, -0.05) is 44.7 Å². The summed E-state index contributed by atoms with van der Waals surface area (Å²) in [5.41, 5.74) is 1.65. The highest BCUT2D eigenvalue weighted by molar-refractivity contribution is 6.00. The van der Waals surface area contributed by atoms with Gasteiger partial charge in [-0.2, -0.15) is 0 Å². The Morgan fingerprint density at radius 2 is 1.74 bits per heavy atom. The molecule has 2 N–H and O–H groups in total. The van der Waals surface area contributed by atoms with Gasteiger partial charge in [0.2, 0.25) is 11.8 Å². The SMILES string of the molecule is CCCCN1C(=O)[C@@H]([C@H](O)C2CCCCC2)NC(=O)C12CCN(Cc1ccc(N(C)C)cc1)CC2. The van der Waals surface area contributed by atoms with Gasteiger partial charge < -0.3 is 20.2 Å². The largest absolute Gasteiger partial charge is 0.390 e. The monoisotopic (exact) mass is 484 g/mol. The molecule has 2 atom stereocenters. The molecular formula is C28H44N4O3. The predicted octanol–water partition coefficient (Wildman–Crippen LogP) is 3.16. The van der Waals surface area contributed by atoms with E-state index in [2.05, 4.69) is 46.3 Å². The molecule has 2 saturated heterocycles. The summed E-state index contributed by atoms with van der Waals surface area (Å²) in [5.74, 6) is -0.0484. The van der Waals surface area contributed by atoms with E-state index in [1.165, 1.54) is 17.7 Å². The Kier molecular flexibility index (Phi) is 8.38. The Morgan fingerprint density at radius 3 is 2.34 bits per heavy atom. The van der Waals surface area contributed by atoms with Gasteiger partial charge in [-0.25, -0.2) is 0 Å². The zero-order valence-electron chi connectivity index (χ0n) is 21.8. The molecular weight excluding hydrogens is 440 g/mol. The van der Waals surface area contributed by atoms with Crippen LogP contribution in [0, 0.1) is 5.92 Å². The molecule has 1 aromatic carbocycles. The molecule has 7 heteroatoms. The third-order valence-corrected chi connectivity index (χ3v) is 8.51. The molecule has 1 aromatic rings. The number of nitrogens with one attached hydrogen (secondary N) is 1. The Morgan fingerprint density at radius 1 is 1.09 bits per heavy atom. The number of piperidine rings is 1. The maximum atomic E-state index is 13.7. The number of amides is 2. The van der Waals surface area contributed by atoms with Crippen molar-refractivity contribution >= 4 is 17.5 Å². The molecule has 1 spiro atoms. The second-order valence-corrected chi connectivity index (χ2v) is 11.1. The van der Waals surface area contributed by atoms with Crippen LogP contribution in [0.25, 0.3) is 0 Å².